The van der Waals surface area contributed by atoms with E-state index >= 15 is 0 Å². The summed E-state index contributed by atoms with van der Waals surface area (Å²) in [6.07, 6.45) is 0. The fourth-order valence-electron chi connectivity index (χ4n) is 1.11. The van der Waals surface area contributed by atoms with Gasteiger partial charge in [0.05, 0.1) is 22.4 Å². The summed E-state index contributed by atoms with van der Waals surface area (Å²) < 4.78 is 0. The summed E-state index contributed by atoms with van der Waals surface area (Å²) in [6.45, 7) is 0. The van der Waals surface area contributed by atoms with Crippen molar-refractivity contribution in [3.8, 4) is 0 Å². The van der Waals surface area contributed by atoms with Gasteiger partial charge >= 0.3 is 0 Å². The van der Waals surface area contributed by atoms with E-state index in [0.29, 0.717) is 17.3 Å². The van der Waals surface area contributed by atoms with E-state index in [1.807, 2.05) is 0 Å². The van der Waals surface area contributed by atoms with Gasteiger partial charge in [-0.25, -0.2) is 4.98 Å². The number of aromatic amines is 1. The quantitative estimate of drug-likeness (QED) is 0.546. The van der Waals surface area contributed by atoms with Crippen LogP contribution in [0.5, 0.6) is 0 Å². The largest absolute Gasteiger partial charge is 0.397 e. The molecule has 0 saturated carbocycles. The lowest BCUT2D eigenvalue weighted by atomic mass is 10.2. The van der Waals surface area contributed by atoms with Gasteiger partial charge < -0.3 is 22.2 Å². The van der Waals surface area contributed by atoms with Crippen LogP contribution in [0, 0.1) is 0 Å². The van der Waals surface area contributed by atoms with Crippen molar-refractivity contribution in [3.05, 3.63) is 12.1 Å². The molecule has 0 aliphatic rings. The van der Waals surface area contributed by atoms with Crippen LogP contribution in [0.25, 0.3) is 11.0 Å². The van der Waals surface area contributed by atoms with Crippen LogP contribution < -0.4 is 17.2 Å². The number of nitrogen functional groups attached to an aromatic ring is 3. The average Bonchev–Trinajstić information content (AvgIpc) is 2.30. The molecule has 0 unspecified atom stereocenters. The average molecular weight is 273 g/mol. The van der Waals surface area contributed by atoms with Gasteiger partial charge in [0.1, 0.15) is 0 Å². The molecule has 0 bridgehead atoms. The second-order valence-electron chi connectivity index (χ2n) is 2.62. The molecule has 0 saturated heterocycles. The highest BCUT2D eigenvalue weighted by Crippen LogP contribution is 2.22. The van der Waals surface area contributed by atoms with E-state index in [2.05, 4.69) is 9.97 Å². The number of rotatable bonds is 0. The number of benzene rings is 1. The van der Waals surface area contributed by atoms with Crippen molar-refractivity contribution in [1.82, 2.24) is 9.97 Å². The zero-order valence-corrected chi connectivity index (χ0v) is 10.0. The minimum atomic E-state index is 0. The molecule has 8 heteroatoms. The van der Waals surface area contributed by atoms with Crippen LogP contribution in [0.4, 0.5) is 17.3 Å². The number of H-pyrrole nitrogens is 1. The van der Waals surface area contributed by atoms with Crippen molar-refractivity contribution in [1.29, 1.82) is 0 Å². The molecular formula is C7H12Cl3N5. The Bertz CT molecular complexity index is 402. The van der Waals surface area contributed by atoms with Crippen molar-refractivity contribution in [2.75, 3.05) is 17.2 Å². The number of aromatic nitrogens is 2. The summed E-state index contributed by atoms with van der Waals surface area (Å²) in [5.74, 6) is 0.370. The summed E-state index contributed by atoms with van der Waals surface area (Å²) in [6, 6.07) is 3.41. The Morgan fingerprint density at radius 2 is 1.47 bits per heavy atom. The van der Waals surface area contributed by atoms with E-state index < -0.39 is 0 Å². The minimum absolute atomic E-state index is 0. The van der Waals surface area contributed by atoms with Gasteiger partial charge in [-0.05, 0) is 12.1 Å². The molecule has 7 N–H and O–H groups in total. The van der Waals surface area contributed by atoms with E-state index in [0.717, 1.165) is 11.0 Å². The van der Waals surface area contributed by atoms with Crippen molar-refractivity contribution < 1.29 is 0 Å². The summed E-state index contributed by atoms with van der Waals surface area (Å²) in [4.78, 5) is 6.86. The highest BCUT2D eigenvalue weighted by atomic mass is 35.5. The van der Waals surface area contributed by atoms with Gasteiger partial charge in [0.2, 0.25) is 0 Å². The molecule has 0 atom stereocenters. The lowest BCUT2D eigenvalue weighted by Gasteiger charge is -1.97. The van der Waals surface area contributed by atoms with E-state index in [1.165, 1.54) is 0 Å². The van der Waals surface area contributed by atoms with Crippen molar-refractivity contribution in [2.24, 2.45) is 0 Å². The normalized spacial score (nSPS) is 8.53. The number of nitrogens with two attached hydrogens (primary N) is 3. The molecule has 0 amide bonds. The number of hydrogen-bond acceptors (Lipinski definition) is 4. The third-order valence-electron chi connectivity index (χ3n) is 1.70. The first-order valence-electron chi connectivity index (χ1n) is 3.47. The van der Waals surface area contributed by atoms with Crippen LogP contribution in [0.15, 0.2) is 12.1 Å². The Labute approximate surface area is 105 Å². The predicted molar refractivity (Wildman–Crippen MR) is 71.1 cm³/mol. The van der Waals surface area contributed by atoms with E-state index in [9.17, 15) is 0 Å². The van der Waals surface area contributed by atoms with Gasteiger partial charge in [-0.1, -0.05) is 0 Å². The third kappa shape index (κ3) is 2.95. The van der Waals surface area contributed by atoms with Crippen LogP contribution in [0.2, 0.25) is 0 Å². The smallest absolute Gasteiger partial charge is 0.198 e. The lowest BCUT2D eigenvalue weighted by molar-refractivity contribution is 1.35. The maximum absolute atomic E-state index is 5.58. The van der Waals surface area contributed by atoms with Crippen LogP contribution in [-0.2, 0) is 0 Å². The molecule has 1 heterocycles. The number of fused-ring (bicyclic) bond motifs is 1. The topological polar surface area (TPSA) is 107 Å². The highest BCUT2D eigenvalue weighted by Gasteiger charge is 2.02. The van der Waals surface area contributed by atoms with Gasteiger partial charge in [0.15, 0.2) is 5.95 Å². The molecule has 1 aromatic heterocycles. The van der Waals surface area contributed by atoms with Crippen molar-refractivity contribution in [3.63, 3.8) is 0 Å². The van der Waals surface area contributed by atoms with Crippen molar-refractivity contribution in [2.45, 2.75) is 0 Å². The van der Waals surface area contributed by atoms with E-state index in [-0.39, 0.29) is 37.2 Å². The van der Waals surface area contributed by atoms with Crippen LogP contribution in [0.1, 0.15) is 0 Å². The molecule has 0 aliphatic carbocycles. The Morgan fingerprint density at radius 3 is 2.07 bits per heavy atom. The monoisotopic (exact) mass is 271 g/mol. The van der Waals surface area contributed by atoms with Gasteiger partial charge in [-0.15, -0.1) is 37.2 Å². The summed E-state index contributed by atoms with van der Waals surface area (Å²) in [5, 5.41) is 0. The first-order valence-corrected chi connectivity index (χ1v) is 3.47. The molecular weight excluding hydrogens is 260 g/mol. The second kappa shape index (κ2) is 5.75. The molecule has 0 fully saturated rings. The van der Waals surface area contributed by atoms with Gasteiger partial charge in [0.25, 0.3) is 0 Å². The number of hydrogen-bond donors (Lipinski definition) is 4. The third-order valence-corrected chi connectivity index (χ3v) is 1.70. The zero-order chi connectivity index (χ0) is 8.72. The van der Waals surface area contributed by atoms with Gasteiger partial charge in [-0.2, -0.15) is 0 Å². The number of halogens is 3. The molecule has 86 valence electrons. The standard InChI is InChI=1S/C7H9N5.3ClH/c8-3-1-5-6(2-4(3)9)12-7(10)11-5;;;/h1-2H,8-9H2,(H3,10,11,12);3*1H. The van der Waals surface area contributed by atoms with Crippen LogP contribution in [0.3, 0.4) is 0 Å². The summed E-state index contributed by atoms with van der Waals surface area (Å²) in [5.41, 5.74) is 19.2. The second-order valence-corrected chi connectivity index (χ2v) is 2.62. The molecule has 2 rings (SSSR count). The lowest BCUT2D eigenvalue weighted by Crippen LogP contribution is -1.93. The Kier molecular flexibility index (Phi) is 6.28. The molecule has 1 aromatic carbocycles. The Balaban J connectivity index is 0. The van der Waals surface area contributed by atoms with Crippen LogP contribution >= 0.6 is 37.2 Å². The summed E-state index contributed by atoms with van der Waals surface area (Å²) in [7, 11) is 0. The number of imidazole rings is 1. The molecule has 5 nitrogen and oxygen atoms in total. The number of nitrogens with one attached hydrogen (secondary N) is 1. The first kappa shape index (κ1) is 16.4. The fourth-order valence-corrected chi connectivity index (χ4v) is 1.11. The van der Waals surface area contributed by atoms with Crippen LogP contribution in [-0.4, -0.2) is 9.97 Å². The van der Waals surface area contributed by atoms with E-state index in [4.69, 9.17) is 17.2 Å². The molecule has 0 aliphatic heterocycles. The number of nitrogens with zero attached hydrogens (tertiary/aromatic N) is 1. The summed E-state index contributed by atoms with van der Waals surface area (Å²) >= 11 is 0. The van der Waals surface area contributed by atoms with Gasteiger partial charge in [-0.3, -0.25) is 0 Å². The Hall–Kier alpha value is -1.04. The van der Waals surface area contributed by atoms with Crippen molar-refractivity contribution >= 4 is 65.6 Å². The predicted octanol–water partition coefficient (Wildman–Crippen LogP) is 1.57. The molecule has 2 aromatic rings. The fraction of sp³-hybridized carbons (Fsp3) is 0. The highest BCUT2D eigenvalue weighted by molar-refractivity contribution is 5.87. The molecule has 0 radical (unpaired) electrons. The minimum Gasteiger partial charge on any atom is -0.397 e. The first-order chi connectivity index (χ1) is 5.66. The molecule has 15 heavy (non-hydrogen) atoms. The maximum atomic E-state index is 5.58. The van der Waals surface area contributed by atoms with E-state index in [1.54, 1.807) is 12.1 Å². The molecule has 0 spiro atoms. The van der Waals surface area contributed by atoms with Gasteiger partial charge in [0, 0.05) is 0 Å². The number of anilines is 3. The maximum Gasteiger partial charge on any atom is 0.198 e. The SMILES string of the molecule is Cl.Cl.Cl.Nc1nc2cc(N)c(N)cc2[nH]1. The Morgan fingerprint density at radius 1 is 0.933 bits per heavy atom. The zero-order valence-electron chi connectivity index (χ0n) is 7.56.